The first kappa shape index (κ1) is 18.4. The largest absolute Gasteiger partial charge is 0.497 e. The maximum Gasteiger partial charge on any atom is 0.354 e. The summed E-state index contributed by atoms with van der Waals surface area (Å²) in [5, 5.41) is 2.78. The highest BCUT2D eigenvalue weighted by molar-refractivity contribution is 5.97. The molecular formula is C19H20N2O6. The van der Waals surface area contributed by atoms with Crippen molar-refractivity contribution in [2.24, 2.45) is 0 Å². The second-order valence-electron chi connectivity index (χ2n) is 5.86. The standard InChI is InChI=1S/C19H20N2O6/c1-11-5-15-17(27-11)9-16(19(23)26-4)21(15)10-18(22)20-12-6-13(24-2)8-14(7-12)25-3/h5-9H,10H2,1-4H3,(H,20,22). The Labute approximate surface area is 155 Å². The number of aromatic nitrogens is 1. The Morgan fingerprint density at radius 1 is 1.04 bits per heavy atom. The molecule has 2 aromatic heterocycles. The molecule has 0 spiro atoms. The summed E-state index contributed by atoms with van der Waals surface area (Å²) in [5.41, 5.74) is 1.92. The predicted octanol–water partition coefficient (Wildman–Crippen LogP) is 2.99. The van der Waals surface area contributed by atoms with Crippen LogP contribution in [0.15, 0.2) is 34.7 Å². The molecule has 3 aromatic rings. The number of amides is 1. The summed E-state index contributed by atoms with van der Waals surface area (Å²) in [4.78, 5) is 24.6. The van der Waals surface area contributed by atoms with Crippen LogP contribution in [0.4, 0.5) is 5.69 Å². The van der Waals surface area contributed by atoms with Crippen molar-refractivity contribution < 1.29 is 28.2 Å². The van der Waals surface area contributed by atoms with Gasteiger partial charge in [-0.05, 0) is 6.92 Å². The fourth-order valence-corrected chi connectivity index (χ4v) is 2.83. The third-order valence-corrected chi connectivity index (χ3v) is 4.04. The molecule has 0 radical (unpaired) electrons. The molecule has 8 heteroatoms. The van der Waals surface area contributed by atoms with Gasteiger partial charge in [-0.3, -0.25) is 4.79 Å². The number of rotatable bonds is 6. The van der Waals surface area contributed by atoms with Crippen LogP contribution in [0.3, 0.4) is 0 Å². The van der Waals surface area contributed by atoms with E-state index in [4.69, 9.17) is 18.6 Å². The first-order valence-corrected chi connectivity index (χ1v) is 8.16. The number of esters is 1. The van der Waals surface area contributed by atoms with Crippen molar-refractivity contribution in [1.29, 1.82) is 0 Å². The zero-order chi connectivity index (χ0) is 19.6. The monoisotopic (exact) mass is 372 g/mol. The third-order valence-electron chi connectivity index (χ3n) is 4.04. The minimum absolute atomic E-state index is 0.0908. The first-order chi connectivity index (χ1) is 12.9. The van der Waals surface area contributed by atoms with Gasteiger partial charge in [0.2, 0.25) is 5.91 Å². The van der Waals surface area contributed by atoms with Crippen molar-refractivity contribution in [3.8, 4) is 11.5 Å². The van der Waals surface area contributed by atoms with Gasteiger partial charge in [0.25, 0.3) is 0 Å². The number of anilines is 1. The lowest BCUT2D eigenvalue weighted by molar-refractivity contribution is -0.116. The minimum atomic E-state index is -0.546. The number of carbonyl (C=O) groups excluding carboxylic acids is 2. The number of fused-ring (bicyclic) bond motifs is 1. The number of carbonyl (C=O) groups is 2. The van der Waals surface area contributed by atoms with E-state index in [-0.39, 0.29) is 18.1 Å². The molecule has 0 aliphatic heterocycles. The topological polar surface area (TPSA) is 91.9 Å². The van der Waals surface area contributed by atoms with Crippen molar-refractivity contribution in [1.82, 2.24) is 4.57 Å². The Kier molecular flexibility index (Phi) is 5.07. The van der Waals surface area contributed by atoms with E-state index in [1.54, 1.807) is 41.8 Å². The second kappa shape index (κ2) is 7.45. The van der Waals surface area contributed by atoms with Gasteiger partial charge in [0.15, 0.2) is 5.58 Å². The van der Waals surface area contributed by atoms with Gasteiger partial charge in [0.1, 0.15) is 29.5 Å². The second-order valence-corrected chi connectivity index (χ2v) is 5.86. The molecule has 8 nitrogen and oxygen atoms in total. The Hall–Kier alpha value is -3.42. The first-order valence-electron chi connectivity index (χ1n) is 8.16. The molecule has 0 fully saturated rings. The third kappa shape index (κ3) is 3.74. The number of hydrogen-bond acceptors (Lipinski definition) is 6. The normalized spacial score (nSPS) is 10.7. The number of methoxy groups -OCH3 is 3. The maximum atomic E-state index is 12.6. The molecule has 0 saturated carbocycles. The molecule has 1 amide bonds. The zero-order valence-corrected chi connectivity index (χ0v) is 15.5. The average molecular weight is 372 g/mol. The van der Waals surface area contributed by atoms with Crippen LogP contribution in [0.1, 0.15) is 16.2 Å². The van der Waals surface area contributed by atoms with Crippen LogP contribution in [-0.4, -0.2) is 37.8 Å². The van der Waals surface area contributed by atoms with Crippen LogP contribution < -0.4 is 14.8 Å². The molecule has 1 aromatic carbocycles. The highest BCUT2D eigenvalue weighted by atomic mass is 16.5. The average Bonchev–Trinajstić information content (AvgIpc) is 3.17. The van der Waals surface area contributed by atoms with E-state index in [0.717, 1.165) is 0 Å². The van der Waals surface area contributed by atoms with Gasteiger partial charge in [0, 0.05) is 36.0 Å². The molecule has 142 valence electrons. The number of aryl methyl sites for hydroxylation is 1. The summed E-state index contributed by atoms with van der Waals surface area (Å²) >= 11 is 0. The summed E-state index contributed by atoms with van der Waals surface area (Å²) in [6.07, 6.45) is 0. The minimum Gasteiger partial charge on any atom is -0.497 e. The van der Waals surface area contributed by atoms with Crippen LogP contribution >= 0.6 is 0 Å². The SMILES string of the molecule is COC(=O)c1cc2oc(C)cc2n1CC(=O)Nc1cc(OC)cc(OC)c1. The number of benzene rings is 1. The molecular weight excluding hydrogens is 352 g/mol. The summed E-state index contributed by atoms with van der Waals surface area (Å²) in [7, 11) is 4.34. The van der Waals surface area contributed by atoms with Crippen molar-refractivity contribution in [3.63, 3.8) is 0 Å². The van der Waals surface area contributed by atoms with Gasteiger partial charge in [-0.25, -0.2) is 4.79 Å². The highest BCUT2D eigenvalue weighted by Gasteiger charge is 2.21. The summed E-state index contributed by atoms with van der Waals surface area (Å²) in [5.74, 6) is 0.909. The Morgan fingerprint density at radius 3 is 2.30 bits per heavy atom. The number of nitrogens with one attached hydrogen (secondary N) is 1. The highest BCUT2D eigenvalue weighted by Crippen LogP contribution is 2.27. The van der Waals surface area contributed by atoms with Crippen molar-refractivity contribution in [2.75, 3.05) is 26.6 Å². The van der Waals surface area contributed by atoms with E-state index in [2.05, 4.69) is 5.32 Å². The van der Waals surface area contributed by atoms with Gasteiger partial charge in [-0.15, -0.1) is 0 Å². The Morgan fingerprint density at radius 2 is 1.70 bits per heavy atom. The molecule has 1 N–H and O–H groups in total. The van der Waals surface area contributed by atoms with Crippen molar-refractivity contribution in [2.45, 2.75) is 13.5 Å². The lowest BCUT2D eigenvalue weighted by Crippen LogP contribution is -2.21. The molecule has 27 heavy (non-hydrogen) atoms. The van der Waals surface area contributed by atoms with Crippen molar-refractivity contribution >= 4 is 28.7 Å². The van der Waals surface area contributed by atoms with E-state index in [9.17, 15) is 9.59 Å². The maximum absolute atomic E-state index is 12.6. The molecule has 0 aliphatic carbocycles. The van der Waals surface area contributed by atoms with Gasteiger partial charge >= 0.3 is 5.97 Å². The Bertz CT molecular complexity index is 979. The smallest absolute Gasteiger partial charge is 0.354 e. The van der Waals surface area contributed by atoms with Crippen LogP contribution in [-0.2, 0) is 16.1 Å². The molecule has 0 aliphatic rings. The number of nitrogens with zero attached hydrogens (tertiary/aromatic N) is 1. The van der Waals surface area contributed by atoms with E-state index in [1.165, 1.54) is 21.3 Å². The van der Waals surface area contributed by atoms with Gasteiger partial charge < -0.3 is 28.5 Å². The fourth-order valence-electron chi connectivity index (χ4n) is 2.83. The molecule has 2 heterocycles. The van der Waals surface area contributed by atoms with Crippen LogP contribution in [0.2, 0.25) is 0 Å². The van der Waals surface area contributed by atoms with E-state index >= 15 is 0 Å². The zero-order valence-electron chi connectivity index (χ0n) is 15.5. The molecule has 3 rings (SSSR count). The van der Waals surface area contributed by atoms with Gasteiger partial charge in [-0.1, -0.05) is 0 Å². The summed E-state index contributed by atoms with van der Waals surface area (Å²) < 4.78 is 22.3. The lowest BCUT2D eigenvalue weighted by Gasteiger charge is -2.12. The van der Waals surface area contributed by atoms with Gasteiger partial charge in [0.05, 0.1) is 26.8 Å². The van der Waals surface area contributed by atoms with Gasteiger partial charge in [-0.2, -0.15) is 0 Å². The number of ether oxygens (including phenoxy) is 3. The molecule has 0 atom stereocenters. The lowest BCUT2D eigenvalue weighted by atomic mass is 10.2. The fraction of sp³-hybridized carbons (Fsp3) is 0.263. The predicted molar refractivity (Wildman–Crippen MR) is 98.5 cm³/mol. The van der Waals surface area contributed by atoms with E-state index in [0.29, 0.717) is 34.0 Å². The van der Waals surface area contributed by atoms with E-state index < -0.39 is 5.97 Å². The van der Waals surface area contributed by atoms with Crippen molar-refractivity contribution in [3.05, 3.63) is 41.8 Å². The summed E-state index contributed by atoms with van der Waals surface area (Å²) in [6, 6.07) is 8.39. The van der Waals surface area contributed by atoms with Crippen LogP contribution in [0, 0.1) is 6.92 Å². The number of furan rings is 1. The van der Waals surface area contributed by atoms with E-state index in [1.807, 2.05) is 0 Å². The molecule has 0 bridgehead atoms. The molecule has 0 unspecified atom stereocenters. The summed E-state index contributed by atoms with van der Waals surface area (Å²) in [6.45, 7) is 1.71. The van der Waals surface area contributed by atoms with Crippen LogP contribution in [0.5, 0.6) is 11.5 Å². The quantitative estimate of drug-likeness (QED) is 0.669. The van der Waals surface area contributed by atoms with Crippen LogP contribution in [0.25, 0.3) is 11.1 Å². The Balaban J connectivity index is 1.89. The number of hydrogen-bond donors (Lipinski definition) is 1. The molecule has 0 saturated heterocycles.